The van der Waals surface area contributed by atoms with Gasteiger partial charge in [0.2, 0.25) is 11.8 Å². The fraction of sp³-hybridized carbons (Fsp3) is 0.200. The predicted octanol–water partition coefficient (Wildman–Crippen LogP) is 3.13. The Morgan fingerprint density at radius 1 is 1.12 bits per heavy atom. The number of fused-ring (bicyclic) bond motifs is 1. The molecule has 1 aromatic heterocycles. The van der Waals surface area contributed by atoms with E-state index in [1.54, 1.807) is 11.8 Å². The molecule has 3 aromatic rings. The Hall–Kier alpha value is -2.73. The molecule has 0 aliphatic carbocycles. The number of nitrogens with two attached hydrogens (primary N) is 1. The highest BCUT2D eigenvalue weighted by Gasteiger charge is 2.31. The summed E-state index contributed by atoms with van der Waals surface area (Å²) in [5.74, 6) is -0.121. The molecule has 2 atom stereocenters. The van der Waals surface area contributed by atoms with Crippen molar-refractivity contribution < 1.29 is 9.59 Å². The van der Waals surface area contributed by atoms with Crippen molar-refractivity contribution in [3.05, 3.63) is 71.9 Å². The number of carbonyl (C=O) groups is 2. The van der Waals surface area contributed by atoms with Gasteiger partial charge in [-0.3, -0.25) is 9.59 Å². The molecule has 1 heterocycles. The van der Waals surface area contributed by atoms with Gasteiger partial charge in [-0.15, -0.1) is 11.8 Å². The van der Waals surface area contributed by atoms with Crippen LogP contribution >= 0.6 is 11.8 Å². The number of hydrogen-bond donors (Lipinski definition) is 3. The van der Waals surface area contributed by atoms with E-state index < -0.39 is 11.9 Å². The number of H-pyrrole nitrogens is 1. The van der Waals surface area contributed by atoms with Crippen molar-refractivity contribution in [3.8, 4) is 0 Å². The van der Waals surface area contributed by atoms with Gasteiger partial charge in [-0.1, -0.05) is 48.5 Å². The monoisotopic (exact) mass is 367 g/mol. The van der Waals surface area contributed by atoms with Gasteiger partial charge in [0.15, 0.2) is 0 Å². The Labute approximate surface area is 156 Å². The fourth-order valence-electron chi connectivity index (χ4n) is 2.97. The minimum absolute atomic E-state index is 0.279. The lowest BCUT2D eigenvalue weighted by molar-refractivity contribution is -0.126. The lowest BCUT2D eigenvalue weighted by atomic mass is 10.0. The van der Waals surface area contributed by atoms with E-state index >= 15 is 0 Å². The number of rotatable bonds is 7. The molecule has 2 amide bonds. The highest BCUT2D eigenvalue weighted by atomic mass is 32.2. The first-order chi connectivity index (χ1) is 12.6. The first-order valence-corrected chi connectivity index (χ1v) is 9.39. The maximum Gasteiger partial charge on any atom is 0.241 e. The van der Waals surface area contributed by atoms with E-state index in [1.807, 2.05) is 60.8 Å². The van der Waals surface area contributed by atoms with E-state index in [1.165, 1.54) is 6.92 Å². The summed E-state index contributed by atoms with van der Waals surface area (Å²) in [5.41, 5.74) is 8.72. The van der Waals surface area contributed by atoms with Gasteiger partial charge < -0.3 is 16.0 Å². The summed E-state index contributed by atoms with van der Waals surface area (Å²) >= 11 is 1.59. The molecule has 6 heteroatoms. The third-order valence-electron chi connectivity index (χ3n) is 4.17. The van der Waals surface area contributed by atoms with Gasteiger partial charge in [0.25, 0.3) is 0 Å². The number of benzene rings is 2. The molecule has 0 saturated heterocycles. The molecule has 0 aliphatic heterocycles. The zero-order valence-electron chi connectivity index (χ0n) is 14.4. The Kier molecular flexibility index (Phi) is 5.63. The maximum absolute atomic E-state index is 12.1. The standard InChI is InChI=1S/C20H21N3O2S/c1-13(24)23-18(20(21)25)19(26-12-14-7-3-2-4-8-14)16-11-22-17-10-6-5-9-15(16)17/h2-11,18-19,22H,12H2,1H3,(H2,21,25)(H,23,24)/t18-,19+/m0/s1. The van der Waals surface area contributed by atoms with Crippen molar-refractivity contribution in [1.29, 1.82) is 0 Å². The molecular formula is C20H21N3O2S. The van der Waals surface area contributed by atoms with Crippen LogP contribution in [0.1, 0.15) is 23.3 Å². The van der Waals surface area contributed by atoms with Crippen LogP contribution in [0.4, 0.5) is 0 Å². The predicted molar refractivity (Wildman–Crippen MR) is 106 cm³/mol. The SMILES string of the molecule is CC(=O)N[C@H](C(N)=O)[C@H](SCc1ccccc1)c1c[nH]c2ccccc12. The molecule has 0 radical (unpaired) electrons. The number of aromatic nitrogens is 1. The highest BCUT2D eigenvalue weighted by Crippen LogP contribution is 2.38. The van der Waals surface area contributed by atoms with Crippen molar-refractivity contribution in [2.75, 3.05) is 0 Å². The first-order valence-electron chi connectivity index (χ1n) is 8.34. The van der Waals surface area contributed by atoms with E-state index in [4.69, 9.17) is 5.73 Å². The summed E-state index contributed by atoms with van der Waals surface area (Å²) in [6.45, 7) is 1.39. The van der Waals surface area contributed by atoms with Gasteiger partial charge in [0, 0.05) is 29.8 Å². The first kappa shape index (κ1) is 18.1. The molecular weight excluding hydrogens is 346 g/mol. The molecule has 0 fully saturated rings. The summed E-state index contributed by atoms with van der Waals surface area (Å²) < 4.78 is 0. The average molecular weight is 367 g/mol. The Balaban J connectivity index is 1.97. The summed E-state index contributed by atoms with van der Waals surface area (Å²) in [5, 5.41) is 3.44. The normalized spacial score (nSPS) is 13.3. The van der Waals surface area contributed by atoms with Gasteiger partial charge in [0.05, 0.1) is 5.25 Å². The molecule has 0 aliphatic rings. The van der Waals surface area contributed by atoms with E-state index in [-0.39, 0.29) is 11.2 Å². The molecule has 134 valence electrons. The fourth-order valence-corrected chi connectivity index (χ4v) is 4.30. The topological polar surface area (TPSA) is 88.0 Å². The molecule has 4 N–H and O–H groups in total. The number of amides is 2. The molecule has 0 saturated carbocycles. The summed E-state index contributed by atoms with van der Waals surface area (Å²) in [6.07, 6.45) is 1.89. The lowest BCUT2D eigenvalue weighted by Crippen LogP contribution is -2.46. The third-order valence-corrected chi connectivity index (χ3v) is 5.55. The van der Waals surface area contributed by atoms with Crippen LogP contribution in [0.2, 0.25) is 0 Å². The van der Waals surface area contributed by atoms with E-state index in [2.05, 4.69) is 10.3 Å². The molecule has 2 aromatic carbocycles. The lowest BCUT2D eigenvalue weighted by Gasteiger charge is -2.25. The second-order valence-electron chi connectivity index (χ2n) is 6.09. The second-order valence-corrected chi connectivity index (χ2v) is 7.22. The molecule has 0 unspecified atom stereocenters. The number of hydrogen-bond acceptors (Lipinski definition) is 3. The van der Waals surface area contributed by atoms with Gasteiger partial charge in [-0.05, 0) is 17.2 Å². The zero-order valence-corrected chi connectivity index (χ0v) is 15.3. The van der Waals surface area contributed by atoms with Crippen LogP contribution in [0.3, 0.4) is 0 Å². The second kappa shape index (κ2) is 8.10. The number of thioether (sulfide) groups is 1. The van der Waals surface area contributed by atoms with Gasteiger partial charge in [0.1, 0.15) is 6.04 Å². The van der Waals surface area contributed by atoms with Crippen LogP contribution in [0.25, 0.3) is 10.9 Å². The van der Waals surface area contributed by atoms with E-state index in [0.717, 1.165) is 22.0 Å². The number of carbonyl (C=O) groups excluding carboxylic acids is 2. The van der Waals surface area contributed by atoms with Crippen LogP contribution in [0, 0.1) is 0 Å². The minimum atomic E-state index is -0.791. The highest BCUT2D eigenvalue weighted by molar-refractivity contribution is 7.98. The van der Waals surface area contributed by atoms with Crippen LogP contribution in [0.5, 0.6) is 0 Å². The number of nitrogens with one attached hydrogen (secondary N) is 2. The minimum Gasteiger partial charge on any atom is -0.368 e. The summed E-state index contributed by atoms with van der Waals surface area (Å²) in [4.78, 5) is 27.0. The van der Waals surface area contributed by atoms with Gasteiger partial charge in [-0.2, -0.15) is 0 Å². The van der Waals surface area contributed by atoms with Crippen molar-refractivity contribution in [3.63, 3.8) is 0 Å². The van der Waals surface area contributed by atoms with Crippen molar-refractivity contribution in [2.24, 2.45) is 5.73 Å². The van der Waals surface area contributed by atoms with Crippen molar-refractivity contribution in [2.45, 2.75) is 24.0 Å². The quantitative estimate of drug-likeness (QED) is 0.599. The Bertz CT molecular complexity index is 908. The van der Waals surface area contributed by atoms with Crippen LogP contribution in [-0.4, -0.2) is 22.8 Å². The van der Waals surface area contributed by atoms with Crippen LogP contribution < -0.4 is 11.1 Å². The molecule has 26 heavy (non-hydrogen) atoms. The molecule has 0 spiro atoms. The third kappa shape index (κ3) is 4.08. The Morgan fingerprint density at radius 2 is 1.81 bits per heavy atom. The molecule has 0 bridgehead atoms. The summed E-state index contributed by atoms with van der Waals surface area (Å²) in [6, 6.07) is 17.1. The van der Waals surface area contributed by atoms with Crippen LogP contribution in [0.15, 0.2) is 60.8 Å². The average Bonchev–Trinajstić information content (AvgIpc) is 3.05. The zero-order chi connectivity index (χ0) is 18.5. The largest absolute Gasteiger partial charge is 0.368 e. The number of para-hydroxylation sites is 1. The number of primary amides is 1. The number of aromatic amines is 1. The summed E-state index contributed by atoms with van der Waals surface area (Å²) in [7, 11) is 0. The van der Waals surface area contributed by atoms with Crippen molar-refractivity contribution >= 4 is 34.5 Å². The smallest absolute Gasteiger partial charge is 0.241 e. The van der Waals surface area contributed by atoms with Crippen LogP contribution in [-0.2, 0) is 15.3 Å². The molecule has 5 nitrogen and oxygen atoms in total. The van der Waals surface area contributed by atoms with Gasteiger partial charge in [-0.25, -0.2) is 0 Å². The van der Waals surface area contributed by atoms with Crippen molar-refractivity contribution in [1.82, 2.24) is 10.3 Å². The van der Waals surface area contributed by atoms with E-state index in [9.17, 15) is 9.59 Å². The van der Waals surface area contributed by atoms with Gasteiger partial charge >= 0.3 is 0 Å². The molecule has 3 rings (SSSR count). The Morgan fingerprint density at radius 3 is 2.50 bits per heavy atom. The maximum atomic E-state index is 12.1. The van der Waals surface area contributed by atoms with E-state index in [0.29, 0.717) is 5.75 Å².